The second-order valence-electron chi connectivity index (χ2n) is 4.89. The standard InChI is InChI=1S/C12H25NO/c1-11(13)12(9-10-14)7-5-3-2-4-6-8-12/h11,14H,2-10,13H2,1H3. The molecule has 0 aromatic rings. The summed E-state index contributed by atoms with van der Waals surface area (Å²) in [4.78, 5) is 0. The first-order valence-corrected chi connectivity index (χ1v) is 6.08. The first-order valence-electron chi connectivity index (χ1n) is 6.08. The summed E-state index contributed by atoms with van der Waals surface area (Å²) in [6.07, 6.45) is 9.98. The Balaban J connectivity index is 2.60. The van der Waals surface area contributed by atoms with Crippen molar-refractivity contribution >= 4 is 0 Å². The zero-order valence-corrected chi connectivity index (χ0v) is 9.47. The van der Waals surface area contributed by atoms with Gasteiger partial charge in [0.25, 0.3) is 0 Å². The molecule has 1 aliphatic rings. The molecule has 0 amide bonds. The van der Waals surface area contributed by atoms with Gasteiger partial charge in [-0.05, 0) is 31.6 Å². The predicted octanol–water partition coefficient (Wildman–Crippen LogP) is 2.45. The highest BCUT2D eigenvalue weighted by atomic mass is 16.3. The molecule has 14 heavy (non-hydrogen) atoms. The Bertz CT molecular complexity index is 148. The monoisotopic (exact) mass is 199 g/mol. The van der Waals surface area contributed by atoms with Crippen molar-refractivity contribution in [2.75, 3.05) is 6.61 Å². The van der Waals surface area contributed by atoms with Gasteiger partial charge in [-0.1, -0.05) is 32.1 Å². The molecule has 1 unspecified atom stereocenters. The molecular weight excluding hydrogens is 174 g/mol. The van der Waals surface area contributed by atoms with E-state index in [1.807, 2.05) is 0 Å². The van der Waals surface area contributed by atoms with E-state index in [1.54, 1.807) is 0 Å². The molecule has 1 aliphatic carbocycles. The molecule has 0 spiro atoms. The molecule has 0 aromatic carbocycles. The fraction of sp³-hybridized carbons (Fsp3) is 1.00. The van der Waals surface area contributed by atoms with Crippen LogP contribution in [0.2, 0.25) is 0 Å². The van der Waals surface area contributed by atoms with Crippen molar-refractivity contribution in [1.29, 1.82) is 0 Å². The molecule has 0 saturated heterocycles. The van der Waals surface area contributed by atoms with Crippen LogP contribution in [0.25, 0.3) is 0 Å². The van der Waals surface area contributed by atoms with Crippen molar-refractivity contribution in [3.63, 3.8) is 0 Å². The second kappa shape index (κ2) is 5.72. The van der Waals surface area contributed by atoms with Gasteiger partial charge in [-0.25, -0.2) is 0 Å². The number of hydrogen-bond acceptors (Lipinski definition) is 2. The summed E-state index contributed by atoms with van der Waals surface area (Å²) in [6, 6.07) is 0.229. The minimum Gasteiger partial charge on any atom is -0.396 e. The lowest BCUT2D eigenvalue weighted by Gasteiger charge is -2.38. The molecule has 1 saturated carbocycles. The van der Waals surface area contributed by atoms with Crippen LogP contribution < -0.4 is 5.73 Å². The van der Waals surface area contributed by atoms with Gasteiger partial charge in [-0.3, -0.25) is 0 Å². The molecule has 2 heteroatoms. The second-order valence-corrected chi connectivity index (χ2v) is 4.89. The van der Waals surface area contributed by atoms with E-state index in [0.717, 1.165) is 6.42 Å². The van der Waals surface area contributed by atoms with E-state index in [0.29, 0.717) is 6.61 Å². The molecule has 1 rings (SSSR count). The maximum absolute atomic E-state index is 9.14. The van der Waals surface area contributed by atoms with E-state index in [4.69, 9.17) is 10.8 Å². The molecule has 3 N–H and O–H groups in total. The fourth-order valence-electron chi connectivity index (χ4n) is 2.77. The minimum absolute atomic E-state index is 0.229. The summed E-state index contributed by atoms with van der Waals surface area (Å²) in [5.74, 6) is 0. The Kier molecular flexibility index (Phi) is 4.90. The van der Waals surface area contributed by atoms with E-state index < -0.39 is 0 Å². The van der Waals surface area contributed by atoms with Crippen LogP contribution >= 0.6 is 0 Å². The largest absolute Gasteiger partial charge is 0.396 e. The van der Waals surface area contributed by atoms with Crippen LogP contribution in [0.3, 0.4) is 0 Å². The molecule has 84 valence electrons. The van der Waals surface area contributed by atoms with Gasteiger partial charge in [0.05, 0.1) is 0 Å². The van der Waals surface area contributed by atoms with Gasteiger partial charge in [0.1, 0.15) is 0 Å². The van der Waals surface area contributed by atoms with Crippen LogP contribution in [-0.4, -0.2) is 17.8 Å². The third kappa shape index (κ3) is 2.96. The van der Waals surface area contributed by atoms with Gasteiger partial charge in [-0.2, -0.15) is 0 Å². The van der Waals surface area contributed by atoms with E-state index in [2.05, 4.69) is 6.92 Å². The summed E-state index contributed by atoms with van der Waals surface area (Å²) < 4.78 is 0. The maximum Gasteiger partial charge on any atom is 0.0436 e. The molecule has 1 fully saturated rings. The SMILES string of the molecule is CC(N)C1(CCO)CCCCCCC1. The Labute approximate surface area is 87.9 Å². The van der Waals surface area contributed by atoms with E-state index >= 15 is 0 Å². The normalized spacial score (nSPS) is 25.1. The van der Waals surface area contributed by atoms with Crippen molar-refractivity contribution in [2.24, 2.45) is 11.1 Å². The molecule has 1 atom stereocenters. The average molecular weight is 199 g/mol. The molecule has 0 heterocycles. The van der Waals surface area contributed by atoms with Gasteiger partial charge in [0, 0.05) is 12.6 Å². The lowest BCUT2D eigenvalue weighted by Crippen LogP contribution is -2.40. The number of aliphatic hydroxyl groups is 1. The van der Waals surface area contributed by atoms with Gasteiger partial charge >= 0.3 is 0 Å². The van der Waals surface area contributed by atoms with E-state index in [9.17, 15) is 0 Å². The van der Waals surface area contributed by atoms with Gasteiger partial charge in [-0.15, -0.1) is 0 Å². The van der Waals surface area contributed by atoms with Gasteiger partial charge in [0.2, 0.25) is 0 Å². The first-order chi connectivity index (χ1) is 6.71. The van der Waals surface area contributed by atoms with Crippen molar-refractivity contribution < 1.29 is 5.11 Å². The Morgan fingerprint density at radius 3 is 2.07 bits per heavy atom. The third-order valence-electron chi connectivity index (χ3n) is 3.92. The molecule has 2 nitrogen and oxygen atoms in total. The highest BCUT2D eigenvalue weighted by molar-refractivity contribution is 4.87. The number of rotatable bonds is 3. The quantitative estimate of drug-likeness (QED) is 0.733. The smallest absolute Gasteiger partial charge is 0.0436 e. The van der Waals surface area contributed by atoms with E-state index in [-0.39, 0.29) is 11.5 Å². The van der Waals surface area contributed by atoms with Crippen LogP contribution in [-0.2, 0) is 0 Å². The zero-order valence-electron chi connectivity index (χ0n) is 9.47. The van der Waals surface area contributed by atoms with Crippen molar-refractivity contribution in [1.82, 2.24) is 0 Å². The molecule has 0 radical (unpaired) electrons. The number of nitrogens with two attached hydrogens (primary N) is 1. The Hall–Kier alpha value is -0.0800. The van der Waals surface area contributed by atoms with Crippen molar-refractivity contribution in [3.8, 4) is 0 Å². The maximum atomic E-state index is 9.14. The Morgan fingerprint density at radius 1 is 1.14 bits per heavy atom. The van der Waals surface area contributed by atoms with Gasteiger partial charge < -0.3 is 10.8 Å². The highest BCUT2D eigenvalue weighted by Crippen LogP contribution is 2.39. The molecule has 0 aromatic heterocycles. The average Bonchev–Trinajstić information content (AvgIpc) is 2.09. The van der Waals surface area contributed by atoms with E-state index in [1.165, 1.54) is 44.9 Å². The topological polar surface area (TPSA) is 46.2 Å². The molecule has 0 aliphatic heterocycles. The molecular formula is C12H25NO. The predicted molar refractivity (Wildman–Crippen MR) is 60.1 cm³/mol. The summed E-state index contributed by atoms with van der Waals surface area (Å²) in [5, 5.41) is 9.14. The summed E-state index contributed by atoms with van der Waals surface area (Å²) in [5.41, 5.74) is 6.33. The van der Waals surface area contributed by atoms with Gasteiger partial charge in [0.15, 0.2) is 0 Å². The zero-order chi connectivity index (χ0) is 10.4. The Morgan fingerprint density at radius 2 is 1.64 bits per heavy atom. The van der Waals surface area contributed by atoms with Crippen LogP contribution in [0.1, 0.15) is 58.3 Å². The number of aliphatic hydroxyl groups excluding tert-OH is 1. The van der Waals surface area contributed by atoms with Crippen molar-refractivity contribution in [2.45, 2.75) is 64.3 Å². The summed E-state index contributed by atoms with van der Waals surface area (Å²) >= 11 is 0. The lowest BCUT2D eigenvalue weighted by atomic mass is 9.69. The van der Waals surface area contributed by atoms with Crippen LogP contribution in [0, 0.1) is 5.41 Å². The van der Waals surface area contributed by atoms with Crippen LogP contribution in [0.4, 0.5) is 0 Å². The van der Waals surface area contributed by atoms with Crippen LogP contribution in [0.15, 0.2) is 0 Å². The van der Waals surface area contributed by atoms with Crippen molar-refractivity contribution in [3.05, 3.63) is 0 Å². The number of hydrogen-bond donors (Lipinski definition) is 2. The first kappa shape index (κ1) is 12.0. The fourth-order valence-corrected chi connectivity index (χ4v) is 2.77. The lowest BCUT2D eigenvalue weighted by molar-refractivity contribution is 0.117. The summed E-state index contributed by atoms with van der Waals surface area (Å²) in [6.45, 7) is 2.40. The summed E-state index contributed by atoms with van der Waals surface area (Å²) in [7, 11) is 0. The highest BCUT2D eigenvalue weighted by Gasteiger charge is 2.33. The molecule has 0 bridgehead atoms. The third-order valence-corrected chi connectivity index (χ3v) is 3.92. The van der Waals surface area contributed by atoms with Crippen LogP contribution in [0.5, 0.6) is 0 Å². The minimum atomic E-state index is 0.229.